The fraction of sp³-hybridized carbons (Fsp3) is 0.0435. The highest BCUT2D eigenvalue weighted by Gasteiger charge is 2.15. The molecule has 5 nitrogen and oxygen atoms in total. The smallest absolute Gasteiger partial charge is 0.266 e. The molecule has 156 valence electrons. The molecule has 0 aliphatic rings. The van der Waals surface area contributed by atoms with Crippen LogP contribution in [0.2, 0.25) is 10.0 Å². The molecule has 2 N–H and O–H groups in total. The van der Waals surface area contributed by atoms with Gasteiger partial charge in [0.2, 0.25) is 0 Å². The quantitative estimate of drug-likeness (QED) is 0.272. The minimum atomic E-state index is -0.677. The van der Waals surface area contributed by atoms with Crippen LogP contribution >= 0.6 is 23.2 Å². The van der Waals surface area contributed by atoms with Crippen LogP contribution in [0.25, 0.3) is 6.08 Å². The fourth-order valence-corrected chi connectivity index (χ4v) is 3.22. The topological polar surface area (TPSA) is 82.3 Å². The molecule has 1 amide bonds. The second-order valence-corrected chi connectivity index (χ2v) is 7.20. The first-order valence-corrected chi connectivity index (χ1v) is 9.70. The molecule has 3 aromatic carbocycles. The van der Waals surface area contributed by atoms with Crippen molar-refractivity contribution in [2.45, 2.75) is 6.61 Å². The first-order chi connectivity index (χ1) is 14.9. The number of carbonyl (C=O) groups is 1. The molecule has 31 heavy (non-hydrogen) atoms. The van der Waals surface area contributed by atoms with Crippen LogP contribution in [0.15, 0.2) is 66.2 Å². The van der Waals surface area contributed by atoms with Crippen molar-refractivity contribution in [3.63, 3.8) is 0 Å². The lowest BCUT2D eigenvalue weighted by atomic mass is 10.1. The number of ether oxygens (including phenoxy) is 1. The predicted molar refractivity (Wildman–Crippen MR) is 118 cm³/mol. The molecule has 0 radical (unpaired) electrons. The van der Waals surface area contributed by atoms with E-state index < -0.39 is 11.7 Å². The summed E-state index contributed by atoms with van der Waals surface area (Å²) in [7, 11) is 0. The number of hydrogen-bond acceptors (Lipinski definition) is 4. The van der Waals surface area contributed by atoms with Crippen LogP contribution in [0.5, 0.6) is 11.5 Å². The summed E-state index contributed by atoms with van der Waals surface area (Å²) in [6.07, 6.45) is 1.28. The highest BCUT2D eigenvalue weighted by atomic mass is 35.5. The third-order valence-electron chi connectivity index (χ3n) is 4.16. The van der Waals surface area contributed by atoms with Crippen molar-refractivity contribution in [2.75, 3.05) is 5.32 Å². The van der Waals surface area contributed by atoms with Crippen LogP contribution < -0.4 is 10.1 Å². The first kappa shape index (κ1) is 22.2. The van der Waals surface area contributed by atoms with Crippen molar-refractivity contribution in [1.29, 1.82) is 5.26 Å². The molecule has 0 fully saturated rings. The van der Waals surface area contributed by atoms with E-state index in [4.69, 9.17) is 27.9 Å². The Labute approximate surface area is 187 Å². The van der Waals surface area contributed by atoms with Crippen LogP contribution in [-0.4, -0.2) is 11.0 Å². The summed E-state index contributed by atoms with van der Waals surface area (Å²) in [5.74, 6) is -0.918. The van der Waals surface area contributed by atoms with E-state index in [0.717, 1.165) is 0 Å². The number of anilines is 1. The number of aromatic hydroxyl groups is 1. The molecular formula is C23H15Cl2FN2O3. The number of nitrogens with one attached hydrogen (secondary N) is 1. The van der Waals surface area contributed by atoms with E-state index in [2.05, 4.69) is 5.32 Å². The lowest BCUT2D eigenvalue weighted by Gasteiger charge is -2.13. The number of hydrogen-bond donors (Lipinski definition) is 2. The van der Waals surface area contributed by atoms with Gasteiger partial charge in [-0.3, -0.25) is 4.79 Å². The molecule has 0 saturated heterocycles. The zero-order valence-electron chi connectivity index (χ0n) is 15.9. The molecule has 0 aliphatic carbocycles. The van der Waals surface area contributed by atoms with Gasteiger partial charge in [0.25, 0.3) is 5.91 Å². The SMILES string of the molecule is N#C/C(=C\c1cc(Cl)cc(Cl)c1OCc1ccccc1F)C(=O)Nc1ccc(O)cc1. The summed E-state index contributed by atoms with van der Waals surface area (Å²) in [5.41, 5.74) is 0.756. The maximum atomic E-state index is 13.9. The molecule has 0 bridgehead atoms. The third kappa shape index (κ3) is 5.76. The second-order valence-electron chi connectivity index (χ2n) is 6.36. The molecular weight excluding hydrogens is 442 g/mol. The highest BCUT2D eigenvalue weighted by Crippen LogP contribution is 2.34. The van der Waals surface area contributed by atoms with Gasteiger partial charge in [0, 0.05) is 21.8 Å². The van der Waals surface area contributed by atoms with E-state index in [1.54, 1.807) is 18.2 Å². The Morgan fingerprint density at radius 3 is 2.55 bits per heavy atom. The van der Waals surface area contributed by atoms with Gasteiger partial charge in [-0.05, 0) is 48.5 Å². The van der Waals surface area contributed by atoms with Crippen molar-refractivity contribution in [1.82, 2.24) is 0 Å². The van der Waals surface area contributed by atoms with Crippen molar-refractivity contribution in [2.24, 2.45) is 0 Å². The van der Waals surface area contributed by atoms with Crippen molar-refractivity contribution in [3.05, 3.63) is 93.2 Å². The summed E-state index contributed by atoms with van der Waals surface area (Å²) in [6, 6.07) is 16.6. The summed E-state index contributed by atoms with van der Waals surface area (Å²) in [5, 5.41) is 21.8. The van der Waals surface area contributed by atoms with Crippen molar-refractivity contribution >= 4 is 40.9 Å². The molecule has 0 spiro atoms. The van der Waals surface area contributed by atoms with Gasteiger partial charge in [0.1, 0.15) is 35.6 Å². The maximum absolute atomic E-state index is 13.9. The number of phenolic OH excluding ortho intramolecular Hbond substituents is 1. The number of phenols is 1. The van der Waals surface area contributed by atoms with Crippen LogP contribution in [0.4, 0.5) is 10.1 Å². The number of nitrogens with zero attached hydrogens (tertiary/aromatic N) is 1. The molecule has 0 atom stereocenters. The fourth-order valence-electron chi connectivity index (χ4n) is 2.65. The maximum Gasteiger partial charge on any atom is 0.266 e. The molecule has 0 aromatic heterocycles. The lowest BCUT2D eigenvalue weighted by Crippen LogP contribution is -2.13. The first-order valence-electron chi connectivity index (χ1n) is 8.95. The largest absolute Gasteiger partial charge is 0.508 e. The Morgan fingerprint density at radius 2 is 1.87 bits per heavy atom. The lowest BCUT2D eigenvalue weighted by molar-refractivity contribution is -0.112. The summed E-state index contributed by atoms with van der Waals surface area (Å²) < 4.78 is 19.6. The number of halogens is 3. The Bertz CT molecular complexity index is 1190. The van der Waals surface area contributed by atoms with Gasteiger partial charge in [0.05, 0.1) is 5.02 Å². The van der Waals surface area contributed by atoms with Gasteiger partial charge in [-0.15, -0.1) is 0 Å². The van der Waals surface area contributed by atoms with Crippen LogP contribution in [0.1, 0.15) is 11.1 Å². The second kappa shape index (κ2) is 9.98. The van der Waals surface area contributed by atoms with E-state index >= 15 is 0 Å². The monoisotopic (exact) mass is 456 g/mol. The predicted octanol–water partition coefficient (Wildman–Crippen LogP) is 5.96. The number of carbonyl (C=O) groups excluding carboxylic acids is 1. The van der Waals surface area contributed by atoms with Crippen molar-refractivity contribution < 1.29 is 19.0 Å². The Hall–Kier alpha value is -3.53. The summed E-state index contributed by atoms with van der Waals surface area (Å²) in [4.78, 5) is 12.5. The summed E-state index contributed by atoms with van der Waals surface area (Å²) >= 11 is 12.3. The number of nitriles is 1. The number of rotatable bonds is 6. The minimum absolute atomic E-state index is 0.0410. The molecule has 0 aliphatic heterocycles. The van der Waals surface area contributed by atoms with Crippen molar-refractivity contribution in [3.8, 4) is 17.6 Å². The standard InChI is InChI=1S/C23H15Cl2FN2O3/c24-17-10-15(9-16(12-27)23(30)28-18-5-7-19(29)8-6-18)22(20(25)11-17)31-13-14-3-1-2-4-21(14)26/h1-11,29H,13H2,(H,28,30)/b16-9+. The average Bonchev–Trinajstić information content (AvgIpc) is 2.74. The van der Waals surface area contributed by atoms with Gasteiger partial charge < -0.3 is 15.2 Å². The van der Waals surface area contributed by atoms with Gasteiger partial charge in [-0.1, -0.05) is 41.4 Å². The Balaban J connectivity index is 1.89. The molecule has 3 aromatic rings. The zero-order valence-corrected chi connectivity index (χ0v) is 17.4. The van der Waals surface area contributed by atoms with Gasteiger partial charge in [-0.25, -0.2) is 4.39 Å². The number of benzene rings is 3. The molecule has 0 heterocycles. The molecule has 3 rings (SSSR count). The highest BCUT2D eigenvalue weighted by molar-refractivity contribution is 6.36. The third-order valence-corrected chi connectivity index (χ3v) is 4.66. The van der Waals surface area contributed by atoms with E-state index in [9.17, 15) is 19.6 Å². The minimum Gasteiger partial charge on any atom is -0.508 e. The van der Waals surface area contributed by atoms with Crippen LogP contribution in [-0.2, 0) is 11.4 Å². The summed E-state index contributed by atoms with van der Waals surface area (Å²) in [6.45, 7) is -0.115. The van der Waals surface area contributed by atoms with Gasteiger partial charge in [-0.2, -0.15) is 5.26 Å². The average molecular weight is 457 g/mol. The number of amides is 1. The van der Waals surface area contributed by atoms with Gasteiger partial charge in [0.15, 0.2) is 0 Å². The van der Waals surface area contributed by atoms with E-state index in [-0.39, 0.29) is 39.3 Å². The van der Waals surface area contributed by atoms with Crippen LogP contribution in [0, 0.1) is 17.1 Å². The van der Waals surface area contributed by atoms with E-state index in [1.807, 2.05) is 6.07 Å². The zero-order chi connectivity index (χ0) is 22.4. The Morgan fingerprint density at radius 1 is 1.16 bits per heavy atom. The van der Waals surface area contributed by atoms with E-state index in [1.165, 1.54) is 48.5 Å². The normalized spacial score (nSPS) is 11.0. The van der Waals surface area contributed by atoms with Gasteiger partial charge >= 0.3 is 0 Å². The molecule has 0 saturated carbocycles. The van der Waals surface area contributed by atoms with E-state index in [0.29, 0.717) is 11.3 Å². The molecule has 8 heteroatoms. The van der Waals surface area contributed by atoms with Crippen LogP contribution in [0.3, 0.4) is 0 Å². The molecule has 0 unspecified atom stereocenters. The Kier molecular flexibility index (Phi) is 7.14.